The van der Waals surface area contributed by atoms with Crippen molar-refractivity contribution in [2.45, 2.75) is 24.7 Å². The van der Waals surface area contributed by atoms with Crippen molar-refractivity contribution in [1.29, 1.82) is 0 Å². The van der Waals surface area contributed by atoms with Crippen LogP contribution in [-0.4, -0.2) is 56.3 Å². The van der Waals surface area contributed by atoms with Crippen LogP contribution in [0.4, 0.5) is 5.69 Å². The van der Waals surface area contributed by atoms with Gasteiger partial charge in [-0.1, -0.05) is 43.6 Å². The Balaban J connectivity index is 1.54. The Morgan fingerprint density at radius 2 is 1.72 bits per heavy atom. The third kappa shape index (κ3) is 5.57. The van der Waals surface area contributed by atoms with Gasteiger partial charge in [-0.05, 0) is 41.8 Å². The fourth-order valence-corrected chi connectivity index (χ4v) is 4.88. The highest BCUT2D eigenvalue weighted by molar-refractivity contribution is 7.89. The number of rotatable bonds is 6. The number of sulfonamides is 1. The molecule has 3 rings (SSSR count). The Morgan fingerprint density at radius 3 is 2.31 bits per heavy atom. The number of halogens is 1. The number of carbonyl (C=O) groups excluding carboxylic acids is 1. The van der Waals surface area contributed by atoms with E-state index in [1.165, 1.54) is 4.31 Å². The van der Waals surface area contributed by atoms with Crippen LogP contribution in [0.15, 0.2) is 53.4 Å². The van der Waals surface area contributed by atoms with Gasteiger partial charge in [0.25, 0.3) is 0 Å². The van der Waals surface area contributed by atoms with E-state index in [1.807, 2.05) is 17.0 Å². The molecule has 0 spiro atoms. The predicted molar refractivity (Wildman–Crippen MR) is 116 cm³/mol. The minimum atomic E-state index is -3.52. The number of nitrogens with one attached hydrogen (secondary N) is 1. The summed E-state index contributed by atoms with van der Waals surface area (Å²) in [6.07, 6.45) is 0. The van der Waals surface area contributed by atoms with Crippen LogP contribution in [0.5, 0.6) is 0 Å². The SMILES string of the molecule is CC(C)c1ccc(S(=O)(=O)N2CCN(CC(=O)Nc3cccc(Cl)c3)CC2)cc1. The standard InChI is InChI=1S/C21H26ClN3O3S/c1-16(2)17-6-8-20(9-7-17)29(27,28)25-12-10-24(11-13-25)15-21(26)23-19-5-3-4-18(22)14-19/h3-9,14,16H,10-13,15H2,1-2H3,(H,23,26). The molecule has 2 aromatic carbocycles. The molecule has 1 heterocycles. The maximum absolute atomic E-state index is 12.9. The third-order valence-corrected chi connectivity index (χ3v) is 7.14. The summed E-state index contributed by atoms with van der Waals surface area (Å²) in [7, 11) is -3.52. The molecule has 0 aromatic heterocycles. The maximum Gasteiger partial charge on any atom is 0.243 e. The lowest BCUT2D eigenvalue weighted by Crippen LogP contribution is -2.50. The van der Waals surface area contributed by atoms with Crippen molar-refractivity contribution in [3.8, 4) is 0 Å². The lowest BCUT2D eigenvalue weighted by Gasteiger charge is -2.33. The Kier molecular flexibility index (Phi) is 6.95. The molecule has 0 radical (unpaired) electrons. The Labute approximate surface area is 177 Å². The second kappa shape index (κ2) is 9.26. The zero-order chi connectivity index (χ0) is 21.0. The first-order valence-electron chi connectivity index (χ1n) is 9.63. The van der Waals surface area contributed by atoms with Crippen LogP contribution < -0.4 is 5.32 Å². The first-order valence-corrected chi connectivity index (χ1v) is 11.5. The Bertz CT molecular complexity index is 953. The lowest BCUT2D eigenvalue weighted by atomic mass is 10.0. The molecule has 0 saturated carbocycles. The molecule has 1 N–H and O–H groups in total. The van der Waals surface area contributed by atoms with Crippen LogP contribution in [0.2, 0.25) is 5.02 Å². The molecule has 0 aliphatic carbocycles. The maximum atomic E-state index is 12.9. The number of carbonyl (C=O) groups is 1. The van der Waals surface area contributed by atoms with Gasteiger partial charge in [-0.3, -0.25) is 9.69 Å². The van der Waals surface area contributed by atoms with E-state index in [9.17, 15) is 13.2 Å². The van der Waals surface area contributed by atoms with Gasteiger partial charge in [0.15, 0.2) is 0 Å². The van der Waals surface area contributed by atoms with Crippen molar-refractivity contribution >= 4 is 33.2 Å². The number of benzene rings is 2. The minimum Gasteiger partial charge on any atom is -0.325 e. The molecular formula is C21H26ClN3O3S. The largest absolute Gasteiger partial charge is 0.325 e. The summed E-state index contributed by atoms with van der Waals surface area (Å²) in [4.78, 5) is 14.5. The van der Waals surface area contributed by atoms with Crippen molar-refractivity contribution in [3.05, 3.63) is 59.1 Å². The van der Waals surface area contributed by atoms with Crippen LogP contribution in [0.3, 0.4) is 0 Å². The number of hydrogen-bond acceptors (Lipinski definition) is 4. The molecule has 2 aromatic rings. The summed E-state index contributed by atoms with van der Waals surface area (Å²) in [5.41, 5.74) is 1.76. The number of piperazine rings is 1. The summed E-state index contributed by atoms with van der Waals surface area (Å²) in [5.74, 6) is 0.209. The molecule has 1 saturated heterocycles. The summed E-state index contributed by atoms with van der Waals surface area (Å²) in [6.45, 7) is 6.09. The van der Waals surface area contributed by atoms with E-state index in [0.29, 0.717) is 47.7 Å². The number of anilines is 1. The van der Waals surface area contributed by atoms with Crippen molar-refractivity contribution in [1.82, 2.24) is 9.21 Å². The average molecular weight is 436 g/mol. The van der Waals surface area contributed by atoms with Gasteiger partial charge in [0.1, 0.15) is 0 Å². The van der Waals surface area contributed by atoms with E-state index in [2.05, 4.69) is 19.2 Å². The molecule has 0 unspecified atom stereocenters. The molecule has 29 heavy (non-hydrogen) atoms. The summed E-state index contributed by atoms with van der Waals surface area (Å²) in [6, 6.07) is 14.1. The van der Waals surface area contributed by atoms with Gasteiger partial charge >= 0.3 is 0 Å². The Morgan fingerprint density at radius 1 is 1.07 bits per heavy atom. The molecule has 1 aliphatic rings. The van der Waals surface area contributed by atoms with Gasteiger partial charge in [0.2, 0.25) is 15.9 Å². The average Bonchev–Trinajstić information content (AvgIpc) is 2.68. The highest BCUT2D eigenvalue weighted by Crippen LogP contribution is 2.21. The molecule has 1 fully saturated rings. The molecule has 0 atom stereocenters. The predicted octanol–water partition coefficient (Wildman–Crippen LogP) is 3.41. The molecule has 1 amide bonds. The van der Waals surface area contributed by atoms with Crippen molar-refractivity contribution in [2.24, 2.45) is 0 Å². The van der Waals surface area contributed by atoms with Crippen LogP contribution in [0.1, 0.15) is 25.3 Å². The second-order valence-electron chi connectivity index (χ2n) is 7.46. The van der Waals surface area contributed by atoms with E-state index in [-0.39, 0.29) is 12.5 Å². The van der Waals surface area contributed by atoms with Crippen LogP contribution in [0.25, 0.3) is 0 Å². The third-order valence-electron chi connectivity index (χ3n) is 4.99. The fraction of sp³-hybridized carbons (Fsp3) is 0.381. The van der Waals surface area contributed by atoms with E-state index in [1.54, 1.807) is 36.4 Å². The zero-order valence-corrected chi connectivity index (χ0v) is 18.2. The number of nitrogens with zero attached hydrogens (tertiary/aromatic N) is 2. The van der Waals surface area contributed by atoms with Crippen LogP contribution in [-0.2, 0) is 14.8 Å². The van der Waals surface area contributed by atoms with E-state index in [0.717, 1.165) is 5.56 Å². The smallest absolute Gasteiger partial charge is 0.243 e. The van der Waals surface area contributed by atoms with Crippen molar-refractivity contribution in [2.75, 3.05) is 38.0 Å². The van der Waals surface area contributed by atoms with Crippen LogP contribution >= 0.6 is 11.6 Å². The molecule has 0 bridgehead atoms. The highest BCUT2D eigenvalue weighted by atomic mass is 35.5. The minimum absolute atomic E-state index is 0.146. The molecule has 1 aliphatic heterocycles. The van der Waals surface area contributed by atoms with E-state index < -0.39 is 10.0 Å². The van der Waals surface area contributed by atoms with Gasteiger partial charge in [0.05, 0.1) is 11.4 Å². The number of amides is 1. The van der Waals surface area contributed by atoms with Gasteiger partial charge < -0.3 is 5.32 Å². The molecule has 8 heteroatoms. The van der Waals surface area contributed by atoms with Gasteiger partial charge in [-0.15, -0.1) is 0 Å². The molecular weight excluding hydrogens is 410 g/mol. The van der Waals surface area contributed by atoms with Crippen LogP contribution in [0, 0.1) is 0 Å². The zero-order valence-electron chi connectivity index (χ0n) is 16.6. The van der Waals surface area contributed by atoms with E-state index in [4.69, 9.17) is 11.6 Å². The monoisotopic (exact) mass is 435 g/mol. The molecule has 156 valence electrons. The van der Waals surface area contributed by atoms with Gasteiger partial charge in [-0.25, -0.2) is 8.42 Å². The summed E-state index contributed by atoms with van der Waals surface area (Å²) >= 11 is 5.93. The summed E-state index contributed by atoms with van der Waals surface area (Å²) < 4.78 is 27.3. The summed E-state index contributed by atoms with van der Waals surface area (Å²) in [5, 5.41) is 3.37. The van der Waals surface area contributed by atoms with Gasteiger partial charge in [-0.2, -0.15) is 4.31 Å². The first-order chi connectivity index (χ1) is 13.8. The molecule has 6 nitrogen and oxygen atoms in total. The van der Waals surface area contributed by atoms with Gasteiger partial charge in [0, 0.05) is 36.9 Å². The van der Waals surface area contributed by atoms with E-state index >= 15 is 0 Å². The number of hydrogen-bond donors (Lipinski definition) is 1. The Hall–Kier alpha value is -1.93. The van der Waals surface area contributed by atoms with Crippen molar-refractivity contribution in [3.63, 3.8) is 0 Å². The normalized spacial score (nSPS) is 16.1. The van der Waals surface area contributed by atoms with Crippen molar-refractivity contribution < 1.29 is 13.2 Å². The fourth-order valence-electron chi connectivity index (χ4n) is 3.27. The first kappa shape index (κ1) is 21.8. The second-order valence-corrected chi connectivity index (χ2v) is 9.84. The lowest BCUT2D eigenvalue weighted by molar-refractivity contribution is -0.117. The quantitative estimate of drug-likeness (QED) is 0.754. The topological polar surface area (TPSA) is 69.7 Å². The highest BCUT2D eigenvalue weighted by Gasteiger charge is 2.29.